The maximum absolute atomic E-state index is 15.0. The van der Waals surface area contributed by atoms with Crippen LogP contribution in [0.4, 0.5) is 38.5 Å². The Labute approximate surface area is 434 Å². The van der Waals surface area contributed by atoms with Gasteiger partial charge < -0.3 is 23.1 Å². The molecule has 366 valence electrons. The van der Waals surface area contributed by atoms with Gasteiger partial charge in [0, 0.05) is 66.6 Å². The Morgan fingerprint density at radius 3 is 1.20 bits per heavy atom. The molecule has 2 aliphatic rings. The fourth-order valence-electron chi connectivity index (χ4n) is 13.4. The monoisotopic (exact) mass is 978 g/mol. The molecule has 0 spiro atoms. The SMILES string of the molecule is Cc1ccc(N(c2cc3oc4cc(N(c5ccc(F)cc5)c5cccc6c5oc5c(C7CCCCC7)cccc56)c5ccccc5c4c3c3ccccc23)c2cccc3c2oc2c(C4CCCCC4)cccc23)cc1. The highest BCUT2D eigenvalue weighted by atomic mass is 19.1. The third kappa shape index (κ3) is 7.09. The summed E-state index contributed by atoms with van der Waals surface area (Å²) in [4.78, 5) is 4.60. The first-order valence-corrected chi connectivity index (χ1v) is 27.1. The van der Waals surface area contributed by atoms with Crippen molar-refractivity contribution in [1.29, 1.82) is 0 Å². The molecule has 10 aromatic carbocycles. The van der Waals surface area contributed by atoms with Gasteiger partial charge in [0.1, 0.15) is 28.1 Å². The van der Waals surface area contributed by atoms with Gasteiger partial charge in [-0.05, 0) is 115 Å². The summed E-state index contributed by atoms with van der Waals surface area (Å²) >= 11 is 0. The van der Waals surface area contributed by atoms with Gasteiger partial charge in [-0.1, -0.05) is 165 Å². The van der Waals surface area contributed by atoms with Crippen molar-refractivity contribution in [2.75, 3.05) is 9.80 Å². The quantitative estimate of drug-likeness (QED) is 0.152. The summed E-state index contributed by atoms with van der Waals surface area (Å²) in [6.07, 6.45) is 12.3. The summed E-state index contributed by atoms with van der Waals surface area (Å²) in [5, 5.41) is 10.8. The van der Waals surface area contributed by atoms with Crippen molar-refractivity contribution in [1.82, 2.24) is 0 Å². The molecule has 0 bridgehead atoms. The van der Waals surface area contributed by atoms with Gasteiger partial charge in [0.05, 0.1) is 22.7 Å². The molecule has 13 aromatic rings. The molecule has 3 aromatic heterocycles. The highest BCUT2D eigenvalue weighted by Crippen LogP contribution is 2.52. The number of furan rings is 3. The van der Waals surface area contributed by atoms with Crippen LogP contribution in [0, 0.1) is 12.7 Å². The van der Waals surface area contributed by atoms with Crippen molar-refractivity contribution in [2.45, 2.75) is 83.0 Å². The Bertz CT molecular complexity index is 4080. The number of nitrogens with zero attached hydrogens (tertiary/aromatic N) is 2. The lowest BCUT2D eigenvalue weighted by molar-refractivity contribution is 0.442. The van der Waals surface area contributed by atoms with Crippen LogP contribution in [0.3, 0.4) is 0 Å². The lowest BCUT2D eigenvalue weighted by atomic mass is 9.83. The average molecular weight is 979 g/mol. The summed E-state index contributed by atoms with van der Waals surface area (Å²) in [7, 11) is 0. The van der Waals surface area contributed by atoms with Crippen molar-refractivity contribution < 1.29 is 17.6 Å². The van der Waals surface area contributed by atoms with Crippen molar-refractivity contribution in [3.05, 3.63) is 204 Å². The van der Waals surface area contributed by atoms with Gasteiger partial charge in [-0.15, -0.1) is 0 Å². The summed E-state index contributed by atoms with van der Waals surface area (Å²) in [5.74, 6) is 0.674. The van der Waals surface area contributed by atoms with E-state index in [0.717, 1.165) is 121 Å². The van der Waals surface area contributed by atoms with Crippen molar-refractivity contribution >= 4 is 121 Å². The standard InChI is InChI=1S/C69H55FN2O3/c1-42-32-36-46(37-33-42)71(58-30-14-28-56-54-26-12-24-48(66(54)74-68(56)58)43-16-4-2-5-17-43)60-40-62-64(52-22-10-8-20-50(52)60)65-53-23-11-9-21-51(53)61(41-63(65)73-62)72(47-38-34-45(70)35-39-47)59-31-15-29-57-55-27-13-25-49(67(55)75-69(57)59)44-18-6-3-7-19-44/h8-15,20-41,43-44H,2-7,16-19H2,1H3. The van der Waals surface area contributed by atoms with Gasteiger partial charge in [-0.25, -0.2) is 4.39 Å². The van der Waals surface area contributed by atoms with Gasteiger partial charge in [0.25, 0.3) is 0 Å². The first kappa shape index (κ1) is 44.2. The van der Waals surface area contributed by atoms with Crippen molar-refractivity contribution in [3.8, 4) is 0 Å². The largest absolute Gasteiger partial charge is 0.456 e. The Morgan fingerprint density at radius 1 is 0.360 bits per heavy atom. The molecule has 0 atom stereocenters. The van der Waals surface area contributed by atoms with E-state index < -0.39 is 0 Å². The Balaban J connectivity index is 0.969. The fraction of sp³-hybridized carbons (Fsp3) is 0.188. The van der Waals surface area contributed by atoms with E-state index in [1.165, 1.54) is 80.9 Å². The number of hydrogen-bond acceptors (Lipinski definition) is 5. The van der Waals surface area contributed by atoms with Gasteiger partial charge >= 0.3 is 0 Å². The van der Waals surface area contributed by atoms with Crippen LogP contribution >= 0.6 is 0 Å². The molecule has 2 saturated carbocycles. The first-order chi connectivity index (χ1) is 37.0. The molecule has 2 fully saturated rings. The number of rotatable bonds is 8. The number of halogens is 1. The number of anilines is 6. The summed E-state index contributed by atoms with van der Waals surface area (Å²) in [6.45, 7) is 2.14. The van der Waals surface area contributed by atoms with Crippen LogP contribution in [0.15, 0.2) is 195 Å². The lowest BCUT2D eigenvalue weighted by Gasteiger charge is -2.27. The number of aryl methyl sites for hydroxylation is 1. The molecule has 15 rings (SSSR count). The number of fused-ring (bicyclic) bond motifs is 13. The smallest absolute Gasteiger partial charge is 0.159 e. The Kier molecular flexibility index (Phi) is 10.4. The van der Waals surface area contributed by atoms with Crippen LogP contribution in [-0.4, -0.2) is 0 Å². The lowest BCUT2D eigenvalue weighted by Crippen LogP contribution is -2.11. The van der Waals surface area contributed by atoms with Gasteiger partial charge in [0.2, 0.25) is 0 Å². The molecule has 5 nitrogen and oxygen atoms in total. The van der Waals surface area contributed by atoms with Crippen molar-refractivity contribution in [2.24, 2.45) is 0 Å². The summed E-state index contributed by atoms with van der Waals surface area (Å²) in [5.41, 5.74) is 14.5. The van der Waals surface area contributed by atoms with Crippen LogP contribution in [0.2, 0.25) is 0 Å². The highest BCUT2D eigenvalue weighted by Gasteiger charge is 2.29. The van der Waals surface area contributed by atoms with Gasteiger partial charge in [-0.3, -0.25) is 0 Å². The Hall–Kier alpha value is -8.35. The zero-order valence-corrected chi connectivity index (χ0v) is 42.0. The van der Waals surface area contributed by atoms with Crippen LogP contribution in [0.5, 0.6) is 0 Å². The van der Waals surface area contributed by atoms with Crippen molar-refractivity contribution in [3.63, 3.8) is 0 Å². The second-order valence-corrected chi connectivity index (χ2v) is 21.3. The molecule has 0 saturated heterocycles. The van der Waals surface area contributed by atoms with E-state index in [1.807, 2.05) is 12.1 Å². The van der Waals surface area contributed by atoms with E-state index >= 15 is 0 Å². The van der Waals surface area contributed by atoms with Crippen LogP contribution in [-0.2, 0) is 0 Å². The third-order valence-electron chi connectivity index (χ3n) is 16.9. The molecule has 0 unspecified atom stereocenters. The molecule has 75 heavy (non-hydrogen) atoms. The maximum Gasteiger partial charge on any atom is 0.159 e. The predicted molar refractivity (Wildman–Crippen MR) is 309 cm³/mol. The van der Waals surface area contributed by atoms with Crippen LogP contribution in [0.25, 0.3) is 87.4 Å². The molecule has 0 N–H and O–H groups in total. The minimum absolute atomic E-state index is 0.293. The highest BCUT2D eigenvalue weighted by molar-refractivity contribution is 6.30. The maximum atomic E-state index is 15.0. The van der Waals surface area contributed by atoms with Gasteiger partial charge in [0.15, 0.2) is 11.2 Å². The minimum atomic E-state index is -0.293. The zero-order valence-electron chi connectivity index (χ0n) is 42.0. The predicted octanol–water partition coefficient (Wildman–Crippen LogP) is 21.2. The molecular formula is C69H55FN2O3. The third-order valence-corrected chi connectivity index (χ3v) is 16.9. The van der Waals surface area contributed by atoms with E-state index in [4.69, 9.17) is 13.3 Å². The molecule has 0 radical (unpaired) electrons. The molecule has 6 heteroatoms. The van der Waals surface area contributed by atoms with E-state index in [9.17, 15) is 4.39 Å². The van der Waals surface area contributed by atoms with E-state index in [0.29, 0.717) is 11.8 Å². The first-order valence-electron chi connectivity index (χ1n) is 27.1. The topological polar surface area (TPSA) is 45.9 Å². The molecular weight excluding hydrogens is 924 g/mol. The van der Waals surface area contributed by atoms with E-state index in [1.54, 1.807) is 12.1 Å². The normalized spacial score (nSPS) is 15.0. The molecule has 3 heterocycles. The number of benzene rings is 10. The zero-order chi connectivity index (χ0) is 49.7. The van der Waals surface area contributed by atoms with Gasteiger partial charge in [-0.2, -0.15) is 0 Å². The molecule has 2 aliphatic carbocycles. The molecule has 0 aliphatic heterocycles. The van der Waals surface area contributed by atoms with Crippen LogP contribution < -0.4 is 9.80 Å². The second-order valence-electron chi connectivity index (χ2n) is 21.3. The van der Waals surface area contributed by atoms with Crippen LogP contribution in [0.1, 0.15) is 92.7 Å². The number of para-hydroxylation sites is 4. The van der Waals surface area contributed by atoms with E-state index in [-0.39, 0.29) is 5.82 Å². The minimum Gasteiger partial charge on any atom is -0.456 e. The second kappa shape index (κ2) is 17.7. The van der Waals surface area contributed by atoms with E-state index in [2.05, 4.69) is 174 Å². The number of hydrogen-bond donors (Lipinski definition) is 0. The fourth-order valence-corrected chi connectivity index (χ4v) is 13.4. The average Bonchev–Trinajstić information content (AvgIpc) is 4.18. The molecule has 0 amide bonds. The Morgan fingerprint density at radius 2 is 0.747 bits per heavy atom. The summed E-state index contributed by atoms with van der Waals surface area (Å²) < 4.78 is 36.6. The summed E-state index contributed by atoms with van der Waals surface area (Å²) in [6, 6.07) is 63.8.